The number of hydrogen-bond donors (Lipinski definition) is 3. The standard InChI is InChI=1S/C16H12N6O/c17-16-19-6-4-12(22-16)11-8-21-15-14(11)10(3-5-18-15)9-1-2-13(23)20-7-9/h1-8H,(H,18,21)(H,20,23)(H2,17,19,22). The molecule has 7 heteroatoms. The van der Waals surface area contributed by atoms with Crippen LogP contribution in [0.2, 0.25) is 0 Å². The Hall–Kier alpha value is -3.48. The van der Waals surface area contributed by atoms with E-state index in [9.17, 15) is 4.79 Å². The van der Waals surface area contributed by atoms with Crippen molar-refractivity contribution in [1.82, 2.24) is 24.9 Å². The maximum Gasteiger partial charge on any atom is 0.247 e. The summed E-state index contributed by atoms with van der Waals surface area (Å²) in [6.45, 7) is 0. The first-order valence-electron chi connectivity index (χ1n) is 6.96. The molecule has 0 amide bonds. The number of H-pyrrole nitrogens is 2. The van der Waals surface area contributed by atoms with Gasteiger partial charge in [0.05, 0.1) is 5.69 Å². The van der Waals surface area contributed by atoms with Gasteiger partial charge >= 0.3 is 0 Å². The topological polar surface area (TPSA) is 113 Å². The van der Waals surface area contributed by atoms with Crippen LogP contribution in [-0.4, -0.2) is 24.9 Å². The lowest BCUT2D eigenvalue weighted by molar-refractivity contribution is 1.19. The number of nitrogens with zero attached hydrogens (tertiary/aromatic N) is 3. The molecule has 4 aromatic rings. The zero-order valence-electron chi connectivity index (χ0n) is 11.9. The number of nitrogens with two attached hydrogens (primary N) is 1. The van der Waals surface area contributed by atoms with E-state index in [2.05, 4.69) is 24.9 Å². The smallest absolute Gasteiger partial charge is 0.247 e. The number of pyridine rings is 2. The highest BCUT2D eigenvalue weighted by atomic mass is 16.1. The second-order valence-electron chi connectivity index (χ2n) is 5.03. The predicted molar refractivity (Wildman–Crippen MR) is 87.6 cm³/mol. The van der Waals surface area contributed by atoms with Gasteiger partial charge in [-0.25, -0.2) is 15.0 Å². The highest BCUT2D eigenvalue weighted by molar-refractivity contribution is 6.03. The van der Waals surface area contributed by atoms with Gasteiger partial charge in [-0.05, 0) is 29.3 Å². The molecular formula is C16H12N6O. The molecule has 0 atom stereocenters. The van der Waals surface area contributed by atoms with E-state index in [0.717, 1.165) is 27.7 Å². The molecule has 7 nitrogen and oxygen atoms in total. The lowest BCUT2D eigenvalue weighted by Gasteiger charge is -2.06. The summed E-state index contributed by atoms with van der Waals surface area (Å²) in [4.78, 5) is 29.7. The molecule has 4 aromatic heterocycles. The van der Waals surface area contributed by atoms with Gasteiger partial charge in [-0.3, -0.25) is 4.79 Å². The van der Waals surface area contributed by atoms with Gasteiger partial charge in [-0.15, -0.1) is 0 Å². The summed E-state index contributed by atoms with van der Waals surface area (Å²) in [5.74, 6) is 0.214. The van der Waals surface area contributed by atoms with Crippen molar-refractivity contribution in [3.05, 3.63) is 59.4 Å². The Morgan fingerprint density at radius 3 is 2.57 bits per heavy atom. The Morgan fingerprint density at radius 2 is 1.78 bits per heavy atom. The molecule has 0 aliphatic rings. The molecule has 4 heterocycles. The van der Waals surface area contributed by atoms with E-state index in [1.54, 1.807) is 30.7 Å². The van der Waals surface area contributed by atoms with Crippen LogP contribution >= 0.6 is 0 Å². The first kappa shape index (κ1) is 13.2. The fourth-order valence-corrected chi connectivity index (χ4v) is 2.60. The lowest BCUT2D eigenvalue weighted by Crippen LogP contribution is -2.01. The Morgan fingerprint density at radius 1 is 0.913 bits per heavy atom. The molecule has 0 aromatic carbocycles. The van der Waals surface area contributed by atoms with Gasteiger partial charge in [0, 0.05) is 41.8 Å². The lowest BCUT2D eigenvalue weighted by atomic mass is 10.0. The maximum atomic E-state index is 11.3. The largest absolute Gasteiger partial charge is 0.368 e. The number of nitrogens with one attached hydrogen (secondary N) is 2. The zero-order valence-corrected chi connectivity index (χ0v) is 11.9. The van der Waals surface area contributed by atoms with E-state index in [4.69, 9.17) is 5.73 Å². The summed E-state index contributed by atoms with van der Waals surface area (Å²) in [5.41, 5.74) is 9.70. The summed E-state index contributed by atoms with van der Waals surface area (Å²) in [6.07, 6.45) is 6.86. The summed E-state index contributed by atoms with van der Waals surface area (Å²) >= 11 is 0. The molecule has 0 radical (unpaired) electrons. The van der Waals surface area contributed by atoms with E-state index in [0.29, 0.717) is 5.69 Å². The molecule has 0 aliphatic heterocycles. The van der Waals surface area contributed by atoms with Crippen molar-refractivity contribution in [3.63, 3.8) is 0 Å². The van der Waals surface area contributed by atoms with Crippen molar-refractivity contribution in [1.29, 1.82) is 0 Å². The van der Waals surface area contributed by atoms with E-state index in [1.807, 2.05) is 12.3 Å². The van der Waals surface area contributed by atoms with Crippen LogP contribution in [0.4, 0.5) is 5.95 Å². The average molecular weight is 304 g/mol. The molecule has 0 spiro atoms. The van der Waals surface area contributed by atoms with Crippen LogP contribution in [-0.2, 0) is 0 Å². The van der Waals surface area contributed by atoms with E-state index < -0.39 is 0 Å². The van der Waals surface area contributed by atoms with Gasteiger partial charge in [0.15, 0.2) is 0 Å². The highest BCUT2D eigenvalue weighted by Gasteiger charge is 2.14. The highest BCUT2D eigenvalue weighted by Crippen LogP contribution is 2.34. The SMILES string of the molecule is Nc1nccc(-c2c[nH]c3nccc(-c4ccc(=O)[nH]c4)c23)n1. The van der Waals surface area contributed by atoms with Crippen LogP contribution in [0, 0.1) is 0 Å². The average Bonchev–Trinajstić information content (AvgIpc) is 3.00. The number of hydrogen-bond acceptors (Lipinski definition) is 5. The monoisotopic (exact) mass is 304 g/mol. The summed E-state index contributed by atoms with van der Waals surface area (Å²) in [5, 5.41) is 0.914. The first-order chi connectivity index (χ1) is 11.2. The van der Waals surface area contributed by atoms with Crippen LogP contribution in [0.15, 0.2) is 53.8 Å². The fourth-order valence-electron chi connectivity index (χ4n) is 2.60. The minimum absolute atomic E-state index is 0.142. The molecule has 0 bridgehead atoms. The van der Waals surface area contributed by atoms with Crippen LogP contribution in [0.1, 0.15) is 0 Å². The molecule has 4 rings (SSSR count). The van der Waals surface area contributed by atoms with Gasteiger partial charge in [0.1, 0.15) is 5.65 Å². The van der Waals surface area contributed by atoms with Crippen molar-refractivity contribution in [2.75, 3.05) is 5.73 Å². The Balaban J connectivity index is 2.01. The van der Waals surface area contributed by atoms with Crippen molar-refractivity contribution < 1.29 is 0 Å². The van der Waals surface area contributed by atoms with E-state index in [-0.39, 0.29) is 11.5 Å². The Labute approximate surface area is 130 Å². The van der Waals surface area contributed by atoms with Gasteiger partial charge in [-0.1, -0.05) is 0 Å². The number of rotatable bonds is 2. The molecule has 0 saturated heterocycles. The third-order valence-electron chi connectivity index (χ3n) is 3.62. The summed E-state index contributed by atoms with van der Waals surface area (Å²) in [7, 11) is 0. The number of nitrogen functional groups attached to an aromatic ring is 1. The number of anilines is 1. The number of aromatic nitrogens is 5. The van der Waals surface area contributed by atoms with Crippen LogP contribution in [0.25, 0.3) is 33.4 Å². The molecule has 4 N–H and O–H groups in total. The molecular weight excluding hydrogens is 292 g/mol. The fraction of sp³-hybridized carbons (Fsp3) is 0. The van der Waals surface area contributed by atoms with E-state index in [1.165, 1.54) is 6.07 Å². The maximum absolute atomic E-state index is 11.3. The summed E-state index contributed by atoms with van der Waals surface area (Å²) < 4.78 is 0. The Kier molecular flexibility index (Phi) is 2.90. The molecule has 0 saturated carbocycles. The minimum Gasteiger partial charge on any atom is -0.368 e. The third kappa shape index (κ3) is 2.24. The molecule has 0 fully saturated rings. The molecule has 0 aliphatic carbocycles. The molecule has 112 valence electrons. The minimum atomic E-state index is -0.142. The van der Waals surface area contributed by atoms with Crippen molar-refractivity contribution >= 4 is 17.0 Å². The molecule has 0 unspecified atom stereocenters. The number of aromatic amines is 2. The first-order valence-corrected chi connectivity index (χ1v) is 6.96. The quantitative estimate of drug-likeness (QED) is 0.524. The zero-order chi connectivity index (χ0) is 15.8. The normalized spacial score (nSPS) is 11.0. The third-order valence-corrected chi connectivity index (χ3v) is 3.62. The molecule has 23 heavy (non-hydrogen) atoms. The van der Waals surface area contributed by atoms with Crippen molar-refractivity contribution in [2.45, 2.75) is 0 Å². The van der Waals surface area contributed by atoms with Gasteiger partial charge in [0.2, 0.25) is 11.5 Å². The second kappa shape index (κ2) is 5.06. The summed E-state index contributed by atoms with van der Waals surface area (Å²) in [6, 6.07) is 6.97. The van der Waals surface area contributed by atoms with Gasteiger partial charge in [-0.2, -0.15) is 0 Å². The van der Waals surface area contributed by atoms with Crippen LogP contribution in [0.5, 0.6) is 0 Å². The van der Waals surface area contributed by atoms with Gasteiger partial charge in [0.25, 0.3) is 0 Å². The second-order valence-corrected chi connectivity index (χ2v) is 5.03. The van der Waals surface area contributed by atoms with E-state index >= 15 is 0 Å². The van der Waals surface area contributed by atoms with Crippen molar-refractivity contribution in [3.8, 4) is 22.4 Å². The van der Waals surface area contributed by atoms with Crippen molar-refractivity contribution in [2.24, 2.45) is 0 Å². The Bertz CT molecular complexity index is 1050. The van der Waals surface area contributed by atoms with Gasteiger partial charge < -0.3 is 15.7 Å². The predicted octanol–water partition coefficient (Wildman–Crippen LogP) is 1.96. The number of fused-ring (bicyclic) bond motifs is 1. The van der Waals surface area contributed by atoms with Crippen LogP contribution in [0.3, 0.4) is 0 Å². The van der Waals surface area contributed by atoms with Crippen LogP contribution < -0.4 is 11.3 Å².